The molecule has 0 aromatic heterocycles. The number of likely N-dealkylation sites (N-methyl/N-ethyl adjacent to an activating group) is 2. The number of hydrogen-bond acceptors (Lipinski definition) is 2. The van der Waals surface area contributed by atoms with Crippen molar-refractivity contribution in [2.75, 3.05) is 20.1 Å². The van der Waals surface area contributed by atoms with E-state index in [1.165, 1.54) is 11.1 Å². The molecule has 1 aromatic carbocycles. The lowest BCUT2D eigenvalue weighted by atomic mass is 10.0. The molecule has 2 heteroatoms. The molecule has 0 aliphatic carbocycles. The lowest BCUT2D eigenvalue weighted by Gasteiger charge is -2.28. The Balaban J connectivity index is 2.78. The fraction of sp³-hybridized carbons (Fsp3) is 0.600. The molecule has 1 aromatic rings. The van der Waals surface area contributed by atoms with Gasteiger partial charge in [0.15, 0.2) is 0 Å². The SMILES string of the molecule is CCNC(CN(C)C(C)C)c1cccc(C)c1. The average Bonchev–Trinajstić information content (AvgIpc) is 2.28. The summed E-state index contributed by atoms with van der Waals surface area (Å²) in [6.07, 6.45) is 0. The molecule has 96 valence electrons. The molecule has 0 heterocycles. The van der Waals surface area contributed by atoms with Crippen LogP contribution in [0.3, 0.4) is 0 Å². The highest BCUT2D eigenvalue weighted by Gasteiger charge is 2.14. The number of nitrogens with zero attached hydrogens (tertiary/aromatic N) is 1. The van der Waals surface area contributed by atoms with Gasteiger partial charge in [0.05, 0.1) is 0 Å². The molecule has 0 saturated carbocycles. The number of aryl methyl sites for hydroxylation is 1. The maximum Gasteiger partial charge on any atom is 0.0449 e. The van der Waals surface area contributed by atoms with Gasteiger partial charge in [-0.3, -0.25) is 0 Å². The first-order chi connectivity index (χ1) is 8.04. The van der Waals surface area contributed by atoms with Crippen LogP contribution >= 0.6 is 0 Å². The number of benzene rings is 1. The van der Waals surface area contributed by atoms with Crippen molar-refractivity contribution in [2.24, 2.45) is 0 Å². The molecule has 0 amide bonds. The lowest BCUT2D eigenvalue weighted by molar-refractivity contribution is 0.243. The monoisotopic (exact) mass is 234 g/mol. The molecular formula is C15H26N2. The van der Waals surface area contributed by atoms with Crippen LogP contribution in [0.25, 0.3) is 0 Å². The Morgan fingerprint density at radius 2 is 2.00 bits per heavy atom. The van der Waals surface area contributed by atoms with Crippen LogP contribution in [0, 0.1) is 6.92 Å². The van der Waals surface area contributed by atoms with Crippen LogP contribution in [0.2, 0.25) is 0 Å². The summed E-state index contributed by atoms with van der Waals surface area (Å²) in [5.41, 5.74) is 2.72. The molecule has 0 saturated heterocycles. The normalized spacial score (nSPS) is 13.4. The van der Waals surface area contributed by atoms with Crippen LogP contribution < -0.4 is 5.32 Å². The van der Waals surface area contributed by atoms with E-state index in [0.717, 1.165) is 13.1 Å². The van der Waals surface area contributed by atoms with Gasteiger partial charge in [0.2, 0.25) is 0 Å². The Kier molecular flexibility index (Phi) is 5.66. The Labute approximate surface area is 106 Å². The topological polar surface area (TPSA) is 15.3 Å². The van der Waals surface area contributed by atoms with Crippen molar-refractivity contribution in [1.29, 1.82) is 0 Å². The predicted molar refractivity (Wildman–Crippen MR) is 75.4 cm³/mol. The standard InChI is InChI=1S/C15H26N2/c1-6-16-15(11-17(5)12(2)3)14-9-7-8-13(4)10-14/h7-10,12,15-16H,6,11H2,1-5H3. The molecule has 0 aliphatic rings. The number of rotatable bonds is 6. The van der Waals surface area contributed by atoms with Crippen molar-refractivity contribution in [3.05, 3.63) is 35.4 Å². The quantitative estimate of drug-likeness (QED) is 0.814. The van der Waals surface area contributed by atoms with E-state index in [0.29, 0.717) is 12.1 Å². The minimum absolute atomic E-state index is 0.423. The van der Waals surface area contributed by atoms with Crippen molar-refractivity contribution >= 4 is 0 Å². The second-order valence-corrected chi connectivity index (χ2v) is 5.06. The van der Waals surface area contributed by atoms with Gasteiger partial charge in [-0.2, -0.15) is 0 Å². The van der Waals surface area contributed by atoms with Crippen LogP contribution in [-0.4, -0.2) is 31.1 Å². The first-order valence-corrected chi connectivity index (χ1v) is 6.54. The molecule has 17 heavy (non-hydrogen) atoms. The smallest absolute Gasteiger partial charge is 0.0449 e. The average molecular weight is 234 g/mol. The molecule has 1 rings (SSSR count). The minimum atomic E-state index is 0.423. The molecule has 0 spiro atoms. The zero-order chi connectivity index (χ0) is 12.8. The first-order valence-electron chi connectivity index (χ1n) is 6.54. The third-order valence-electron chi connectivity index (χ3n) is 3.25. The third kappa shape index (κ3) is 4.49. The van der Waals surface area contributed by atoms with E-state index < -0.39 is 0 Å². The summed E-state index contributed by atoms with van der Waals surface area (Å²) in [6, 6.07) is 9.80. The summed E-state index contributed by atoms with van der Waals surface area (Å²) in [4.78, 5) is 2.38. The van der Waals surface area contributed by atoms with Gasteiger partial charge < -0.3 is 10.2 Å². The zero-order valence-corrected chi connectivity index (χ0v) is 11.8. The van der Waals surface area contributed by atoms with Gasteiger partial charge in [0.1, 0.15) is 0 Å². The Hall–Kier alpha value is -0.860. The first kappa shape index (κ1) is 14.2. The van der Waals surface area contributed by atoms with E-state index >= 15 is 0 Å². The van der Waals surface area contributed by atoms with E-state index in [1.807, 2.05) is 0 Å². The molecule has 1 atom stereocenters. The Bertz CT molecular complexity index is 333. The van der Waals surface area contributed by atoms with Crippen LogP contribution in [0.1, 0.15) is 37.9 Å². The van der Waals surface area contributed by atoms with E-state index in [2.05, 4.69) is 69.2 Å². The third-order valence-corrected chi connectivity index (χ3v) is 3.25. The summed E-state index contributed by atoms with van der Waals surface area (Å²) in [5.74, 6) is 0. The van der Waals surface area contributed by atoms with Crippen molar-refractivity contribution in [3.8, 4) is 0 Å². The van der Waals surface area contributed by atoms with Crippen LogP contribution in [0.15, 0.2) is 24.3 Å². The fourth-order valence-electron chi connectivity index (χ4n) is 1.92. The zero-order valence-electron chi connectivity index (χ0n) is 11.8. The largest absolute Gasteiger partial charge is 0.309 e. The highest BCUT2D eigenvalue weighted by atomic mass is 15.1. The van der Waals surface area contributed by atoms with Crippen molar-refractivity contribution < 1.29 is 0 Å². The second kappa shape index (κ2) is 6.77. The second-order valence-electron chi connectivity index (χ2n) is 5.06. The summed E-state index contributed by atoms with van der Waals surface area (Å²) in [5, 5.41) is 3.57. The molecule has 1 N–H and O–H groups in total. The molecule has 0 fully saturated rings. The van der Waals surface area contributed by atoms with Gasteiger partial charge in [-0.15, -0.1) is 0 Å². The lowest BCUT2D eigenvalue weighted by Crippen LogP contribution is -2.36. The van der Waals surface area contributed by atoms with Crippen molar-refractivity contribution in [3.63, 3.8) is 0 Å². The summed E-state index contributed by atoms with van der Waals surface area (Å²) < 4.78 is 0. The summed E-state index contributed by atoms with van der Waals surface area (Å²) >= 11 is 0. The fourth-order valence-corrected chi connectivity index (χ4v) is 1.92. The highest BCUT2D eigenvalue weighted by molar-refractivity contribution is 5.25. The number of hydrogen-bond donors (Lipinski definition) is 1. The molecule has 1 unspecified atom stereocenters. The van der Waals surface area contributed by atoms with Crippen molar-refractivity contribution in [1.82, 2.24) is 10.2 Å². The van der Waals surface area contributed by atoms with Gasteiger partial charge in [0.25, 0.3) is 0 Å². The van der Waals surface area contributed by atoms with Gasteiger partial charge >= 0.3 is 0 Å². The summed E-state index contributed by atoms with van der Waals surface area (Å²) in [7, 11) is 2.19. The molecule has 0 aliphatic heterocycles. The predicted octanol–water partition coefficient (Wildman–Crippen LogP) is 2.99. The highest BCUT2D eigenvalue weighted by Crippen LogP contribution is 2.16. The molecule has 2 nitrogen and oxygen atoms in total. The Morgan fingerprint density at radius 1 is 1.29 bits per heavy atom. The minimum Gasteiger partial charge on any atom is -0.309 e. The molecule has 0 radical (unpaired) electrons. The Morgan fingerprint density at radius 3 is 2.53 bits per heavy atom. The van der Waals surface area contributed by atoms with Gasteiger partial charge in [-0.25, -0.2) is 0 Å². The van der Waals surface area contributed by atoms with Gasteiger partial charge in [-0.05, 0) is 39.9 Å². The van der Waals surface area contributed by atoms with Crippen LogP contribution in [-0.2, 0) is 0 Å². The van der Waals surface area contributed by atoms with Gasteiger partial charge in [0, 0.05) is 18.6 Å². The van der Waals surface area contributed by atoms with Crippen LogP contribution in [0.5, 0.6) is 0 Å². The maximum absolute atomic E-state index is 3.57. The van der Waals surface area contributed by atoms with Crippen molar-refractivity contribution in [2.45, 2.75) is 39.8 Å². The van der Waals surface area contributed by atoms with Crippen LogP contribution in [0.4, 0.5) is 0 Å². The number of nitrogens with one attached hydrogen (secondary N) is 1. The molecule has 0 bridgehead atoms. The van der Waals surface area contributed by atoms with E-state index in [1.54, 1.807) is 0 Å². The van der Waals surface area contributed by atoms with E-state index in [4.69, 9.17) is 0 Å². The van der Waals surface area contributed by atoms with E-state index in [-0.39, 0.29) is 0 Å². The summed E-state index contributed by atoms with van der Waals surface area (Å²) in [6.45, 7) is 10.8. The van der Waals surface area contributed by atoms with Gasteiger partial charge in [-0.1, -0.05) is 36.8 Å². The van der Waals surface area contributed by atoms with E-state index in [9.17, 15) is 0 Å². The molecular weight excluding hydrogens is 208 g/mol. The maximum atomic E-state index is 3.57.